The molecule has 0 aliphatic carbocycles. The first-order chi connectivity index (χ1) is 13.8. The SMILES string of the molecule is CC(C)c1ccccc1N(CC(=O)NCCCSCc1ccccc1)S(C)(=O)=O. The van der Waals surface area contributed by atoms with E-state index in [1.165, 1.54) is 9.87 Å². The van der Waals surface area contributed by atoms with Crippen LogP contribution in [0, 0.1) is 0 Å². The summed E-state index contributed by atoms with van der Waals surface area (Å²) in [4.78, 5) is 12.4. The Balaban J connectivity index is 1.85. The molecule has 0 aromatic heterocycles. The summed E-state index contributed by atoms with van der Waals surface area (Å²) in [6.45, 7) is 4.34. The Kier molecular flexibility index (Phi) is 9.04. The number of carbonyl (C=O) groups is 1. The standard InChI is InChI=1S/C22H30N2O3S2/c1-18(2)20-12-7-8-13-21(20)24(29(3,26)27)16-22(25)23-14-9-15-28-17-19-10-5-4-6-11-19/h4-8,10-13,18H,9,14-17H2,1-3H3,(H,23,25). The normalized spacial score (nSPS) is 11.4. The van der Waals surface area contributed by atoms with Crippen molar-refractivity contribution in [3.8, 4) is 0 Å². The first-order valence-electron chi connectivity index (χ1n) is 9.74. The second-order valence-corrected chi connectivity index (χ2v) is 10.2. The van der Waals surface area contributed by atoms with Crippen molar-refractivity contribution >= 4 is 33.4 Å². The van der Waals surface area contributed by atoms with Gasteiger partial charge in [-0.15, -0.1) is 0 Å². The summed E-state index contributed by atoms with van der Waals surface area (Å²) < 4.78 is 25.9. The van der Waals surface area contributed by atoms with Crippen LogP contribution in [-0.4, -0.2) is 39.4 Å². The molecule has 1 N–H and O–H groups in total. The van der Waals surface area contributed by atoms with Crippen molar-refractivity contribution in [1.29, 1.82) is 0 Å². The predicted molar refractivity (Wildman–Crippen MR) is 123 cm³/mol. The quantitative estimate of drug-likeness (QED) is 0.543. The number of hydrogen-bond donors (Lipinski definition) is 1. The van der Waals surface area contributed by atoms with Gasteiger partial charge in [0.2, 0.25) is 15.9 Å². The van der Waals surface area contributed by atoms with Gasteiger partial charge in [0.05, 0.1) is 11.9 Å². The third kappa shape index (κ3) is 7.74. The second kappa shape index (κ2) is 11.3. The number of benzene rings is 2. The summed E-state index contributed by atoms with van der Waals surface area (Å²) in [6.07, 6.45) is 1.97. The van der Waals surface area contributed by atoms with Crippen molar-refractivity contribution < 1.29 is 13.2 Å². The van der Waals surface area contributed by atoms with Crippen LogP contribution < -0.4 is 9.62 Å². The summed E-state index contributed by atoms with van der Waals surface area (Å²) in [5.74, 6) is 1.74. The zero-order valence-electron chi connectivity index (χ0n) is 17.3. The van der Waals surface area contributed by atoms with Crippen LogP contribution in [0.2, 0.25) is 0 Å². The van der Waals surface area contributed by atoms with Gasteiger partial charge >= 0.3 is 0 Å². The molecule has 1 amide bonds. The number of para-hydroxylation sites is 1. The van der Waals surface area contributed by atoms with Crippen LogP contribution in [0.3, 0.4) is 0 Å². The van der Waals surface area contributed by atoms with Crippen LogP contribution in [0.5, 0.6) is 0 Å². The molecule has 5 nitrogen and oxygen atoms in total. The lowest BCUT2D eigenvalue weighted by Gasteiger charge is -2.25. The second-order valence-electron chi connectivity index (χ2n) is 7.22. The number of carbonyl (C=O) groups excluding carboxylic acids is 1. The molecular weight excluding hydrogens is 404 g/mol. The van der Waals surface area contributed by atoms with Gasteiger partial charge in [-0.1, -0.05) is 62.4 Å². The molecule has 0 saturated heterocycles. The molecule has 0 fully saturated rings. The monoisotopic (exact) mass is 434 g/mol. The number of anilines is 1. The number of thioether (sulfide) groups is 1. The molecule has 2 aromatic rings. The van der Waals surface area contributed by atoms with Crippen LogP contribution in [0.1, 0.15) is 37.3 Å². The van der Waals surface area contributed by atoms with Crippen molar-refractivity contribution in [2.24, 2.45) is 0 Å². The van der Waals surface area contributed by atoms with Gasteiger partial charge in [-0.05, 0) is 35.3 Å². The van der Waals surface area contributed by atoms with Crippen molar-refractivity contribution in [3.05, 3.63) is 65.7 Å². The molecule has 0 saturated carbocycles. The zero-order chi connectivity index (χ0) is 21.3. The molecule has 0 aliphatic rings. The topological polar surface area (TPSA) is 66.5 Å². The molecule has 158 valence electrons. The Morgan fingerprint density at radius 1 is 1.07 bits per heavy atom. The molecule has 0 atom stereocenters. The zero-order valence-corrected chi connectivity index (χ0v) is 18.9. The van der Waals surface area contributed by atoms with Gasteiger partial charge in [0.15, 0.2) is 0 Å². The van der Waals surface area contributed by atoms with Gasteiger partial charge in [0, 0.05) is 12.3 Å². The maximum atomic E-state index is 12.4. The average Bonchev–Trinajstić information content (AvgIpc) is 2.68. The molecule has 0 heterocycles. The minimum Gasteiger partial charge on any atom is -0.354 e. The number of rotatable bonds is 11. The fraction of sp³-hybridized carbons (Fsp3) is 0.409. The van der Waals surface area contributed by atoms with E-state index in [0.717, 1.165) is 29.7 Å². The highest BCUT2D eigenvalue weighted by Gasteiger charge is 2.23. The molecular formula is C22H30N2O3S2. The molecule has 0 radical (unpaired) electrons. The summed E-state index contributed by atoms with van der Waals surface area (Å²) in [7, 11) is -3.57. The van der Waals surface area contributed by atoms with Gasteiger partial charge < -0.3 is 5.32 Å². The lowest BCUT2D eigenvalue weighted by molar-refractivity contribution is -0.119. The van der Waals surface area contributed by atoms with E-state index in [2.05, 4.69) is 17.4 Å². The third-order valence-electron chi connectivity index (χ3n) is 4.41. The lowest BCUT2D eigenvalue weighted by Crippen LogP contribution is -2.41. The van der Waals surface area contributed by atoms with Crippen molar-refractivity contribution in [3.63, 3.8) is 0 Å². The summed E-state index contributed by atoms with van der Waals surface area (Å²) in [5.41, 5.74) is 2.76. The molecule has 0 aliphatic heterocycles. The Hall–Kier alpha value is -1.99. The Morgan fingerprint density at radius 3 is 2.38 bits per heavy atom. The fourth-order valence-corrected chi connectivity index (χ4v) is 4.73. The highest BCUT2D eigenvalue weighted by molar-refractivity contribution is 7.98. The number of amides is 1. The maximum Gasteiger partial charge on any atom is 0.240 e. The first-order valence-corrected chi connectivity index (χ1v) is 12.7. The van der Waals surface area contributed by atoms with Gasteiger partial charge in [-0.2, -0.15) is 11.8 Å². The van der Waals surface area contributed by atoms with Crippen molar-refractivity contribution in [2.75, 3.05) is 29.4 Å². The predicted octanol–water partition coefficient (Wildman–Crippen LogP) is 4.02. The summed E-state index contributed by atoms with van der Waals surface area (Å²) in [6, 6.07) is 17.6. The van der Waals surface area contributed by atoms with E-state index < -0.39 is 10.0 Å². The van der Waals surface area contributed by atoms with E-state index in [0.29, 0.717) is 12.2 Å². The van der Waals surface area contributed by atoms with Gasteiger partial charge in [-0.25, -0.2) is 8.42 Å². The van der Waals surface area contributed by atoms with Gasteiger partial charge in [0.1, 0.15) is 6.54 Å². The minimum absolute atomic E-state index is 0.153. The molecule has 29 heavy (non-hydrogen) atoms. The first kappa shape index (κ1) is 23.3. The van der Waals surface area contributed by atoms with Gasteiger partial charge in [0.25, 0.3) is 0 Å². The van der Waals surface area contributed by atoms with E-state index in [1.54, 1.807) is 12.1 Å². The van der Waals surface area contributed by atoms with Crippen LogP contribution in [0.4, 0.5) is 5.69 Å². The Morgan fingerprint density at radius 2 is 1.72 bits per heavy atom. The van der Waals surface area contributed by atoms with Crippen molar-refractivity contribution in [2.45, 2.75) is 31.9 Å². The number of hydrogen-bond acceptors (Lipinski definition) is 4. The van der Waals surface area contributed by atoms with E-state index >= 15 is 0 Å². The molecule has 0 unspecified atom stereocenters. The number of sulfonamides is 1. The molecule has 0 spiro atoms. The maximum absolute atomic E-state index is 12.4. The highest BCUT2D eigenvalue weighted by Crippen LogP contribution is 2.28. The van der Waals surface area contributed by atoms with Crippen LogP contribution >= 0.6 is 11.8 Å². The van der Waals surface area contributed by atoms with E-state index in [-0.39, 0.29) is 18.4 Å². The largest absolute Gasteiger partial charge is 0.354 e. The highest BCUT2D eigenvalue weighted by atomic mass is 32.2. The molecule has 7 heteroatoms. The fourth-order valence-electron chi connectivity index (χ4n) is 2.94. The molecule has 2 aromatic carbocycles. The number of nitrogens with zero attached hydrogens (tertiary/aromatic N) is 1. The number of nitrogens with one attached hydrogen (secondary N) is 1. The summed E-state index contributed by atoms with van der Waals surface area (Å²) >= 11 is 1.82. The van der Waals surface area contributed by atoms with Crippen LogP contribution in [0.25, 0.3) is 0 Å². The smallest absolute Gasteiger partial charge is 0.240 e. The third-order valence-corrected chi connectivity index (χ3v) is 6.66. The average molecular weight is 435 g/mol. The molecule has 0 bridgehead atoms. The van der Waals surface area contributed by atoms with E-state index in [4.69, 9.17) is 0 Å². The van der Waals surface area contributed by atoms with Gasteiger partial charge in [-0.3, -0.25) is 9.10 Å². The lowest BCUT2D eigenvalue weighted by atomic mass is 10.0. The summed E-state index contributed by atoms with van der Waals surface area (Å²) in [5, 5.41) is 2.84. The van der Waals surface area contributed by atoms with E-state index in [9.17, 15) is 13.2 Å². The van der Waals surface area contributed by atoms with Crippen molar-refractivity contribution in [1.82, 2.24) is 5.32 Å². The van der Waals surface area contributed by atoms with E-state index in [1.807, 2.05) is 55.9 Å². The Labute approximate surface area is 178 Å². The van der Waals surface area contributed by atoms with Crippen LogP contribution in [0.15, 0.2) is 54.6 Å². The molecule has 2 rings (SSSR count). The van der Waals surface area contributed by atoms with Crippen LogP contribution in [-0.2, 0) is 20.6 Å². The Bertz CT molecular complexity index is 884. The minimum atomic E-state index is -3.57.